The maximum absolute atomic E-state index is 12.6. The molecule has 2 amide bonds. The van der Waals surface area contributed by atoms with Gasteiger partial charge in [0.1, 0.15) is 19.5 Å². The Morgan fingerprint density at radius 1 is 0.733 bits per heavy atom. The molecule has 3 aliphatic rings. The Morgan fingerprint density at radius 3 is 1.89 bits per heavy atom. The van der Waals surface area contributed by atoms with Crippen molar-refractivity contribution in [3.63, 3.8) is 0 Å². The number of hydrogen-bond donors (Lipinski definition) is 13. The molecule has 2 bridgehead atoms. The van der Waals surface area contributed by atoms with Gasteiger partial charge in [0.15, 0.2) is 12.1 Å². The molecule has 0 aliphatic carbocycles. The van der Waals surface area contributed by atoms with Gasteiger partial charge in [0.05, 0.1) is 85.6 Å². The van der Waals surface area contributed by atoms with E-state index in [-0.39, 0.29) is 62.7 Å². The summed E-state index contributed by atoms with van der Waals surface area (Å²) >= 11 is 0. The maximum Gasteiger partial charge on any atom is 0.314 e. The van der Waals surface area contributed by atoms with Crippen LogP contribution < -0.4 is 16.4 Å². The number of fused-ring (bicyclic) bond motifs is 2. The fraction of sp³-hybridized carbons (Fsp3) is 0.704. The Bertz CT molecular complexity index is 1810. The summed E-state index contributed by atoms with van der Waals surface area (Å²) in [4.78, 5) is 25.2. The fourth-order valence-corrected chi connectivity index (χ4v) is 8.66. The molecular weight excluding hydrogens is 1200 g/mol. The van der Waals surface area contributed by atoms with Crippen molar-refractivity contribution in [1.29, 1.82) is 0 Å². The third kappa shape index (κ3) is 27.3. The molecule has 75 heavy (non-hydrogen) atoms. The minimum absolute atomic E-state index is 0. The number of aliphatic hydroxyl groups excluding tert-OH is 9. The van der Waals surface area contributed by atoms with Crippen LogP contribution in [0.1, 0.15) is 105 Å². The molecule has 0 saturated carbocycles. The smallest absolute Gasteiger partial charge is 0.314 e. The molecule has 0 aromatic rings. The molecule has 5 unspecified atom stereocenters. The Labute approximate surface area is 469 Å². The Kier molecular flexibility index (Phi) is 35.8. The number of nitrogens with one attached hydrogen (secondary N) is 2. The predicted molar refractivity (Wildman–Crippen MR) is 283 cm³/mol. The minimum atomic E-state index is -2.23. The van der Waals surface area contributed by atoms with Gasteiger partial charge >= 0.3 is 12.0 Å². The third-order valence-corrected chi connectivity index (χ3v) is 13.4. The molecular formula is C54H91BN3O16U. The summed E-state index contributed by atoms with van der Waals surface area (Å²) in [6, 6.07) is -2.93. The summed E-state index contributed by atoms with van der Waals surface area (Å²) in [7, 11) is 3.60. The van der Waals surface area contributed by atoms with Crippen molar-refractivity contribution in [2.24, 2.45) is 17.6 Å². The number of ether oxygens (including phenoxy) is 4. The van der Waals surface area contributed by atoms with Gasteiger partial charge in [-0.3, -0.25) is 4.79 Å². The van der Waals surface area contributed by atoms with Gasteiger partial charge in [-0.05, 0) is 33.1 Å². The van der Waals surface area contributed by atoms with E-state index in [1.807, 2.05) is 43.4 Å². The molecule has 19 atom stereocenters. The molecule has 14 N–H and O–H groups in total. The number of allylic oxidation sites excluding steroid dienone is 12. The number of urea groups is 1. The number of unbranched alkanes of at least 4 members (excludes halogenated alkanes) is 2. The first-order valence-corrected chi connectivity index (χ1v) is 26.3. The maximum atomic E-state index is 12.6. The van der Waals surface area contributed by atoms with Crippen molar-refractivity contribution in [3.8, 4) is 0 Å². The second-order valence-electron chi connectivity index (χ2n) is 19.9. The van der Waals surface area contributed by atoms with Crippen LogP contribution in [0.4, 0.5) is 4.79 Å². The molecule has 3 heterocycles. The molecule has 1 radical (unpaired) electrons. The van der Waals surface area contributed by atoms with E-state index in [4.69, 9.17) is 24.7 Å². The van der Waals surface area contributed by atoms with Gasteiger partial charge in [-0.15, -0.1) is 0 Å². The van der Waals surface area contributed by atoms with E-state index in [1.54, 1.807) is 69.4 Å². The summed E-state index contributed by atoms with van der Waals surface area (Å²) in [6.07, 6.45) is 10.6. The van der Waals surface area contributed by atoms with Gasteiger partial charge in [-0.2, -0.15) is 0 Å². The average molecular weight is 1290 g/mol. The van der Waals surface area contributed by atoms with Crippen LogP contribution in [0.25, 0.3) is 0 Å². The van der Waals surface area contributed by atoms with E-state index in [0.29, 0.717) is 0 Å². The SMILES string of the molecule is CNC(=O)N[C@H]1[C@@H]2C[C@@H](OC3OC(C)C(O)C(N)C3O)/C=C/C=C/C=C/C=C/C=C/C=C/C=C/[C@H](C)[C@@H](O)[C@@H](C)[C@H](C)OC(=O)C[C@H](O)C[C@H](O)CC[C@@H](O)[C@H](O)C[C@H](O)C[C@](O)(C[C@@H]1O)O2.C[B]CCCCC.[U]. The van der Waals surface area contributed by atoms with Crippen LogP contribution in [0.15, 0.2) is 85.1 Å². The monoisotopic (exact) mass is 1290 g/mol. The number of aliphatic hydroxyl groups is 10. The van der Waals surface area contributed by atoms with Crippen LogP contribution in [0.3, 0.4) is 0 Å². The number of esters is 1. The molecule has 3 rings (SSSR count). The first-order valence-electron chi connectivity index (χ1n) is 26.3. The summed E-state index contributed by atoms with van der Waals surface area (Å²) in [6.45, 7) is 11.1. The molecule has 0 spiro atoms. The van der Waals surface area contributed by atoms with Gasteiger partial charge in [-0.25, -0.2) is 4.79 Å². The molecule has 21 heteroatoms. The molecule has 425 valence electrons. The second kappa shape index (κ2) is 38.1. The van der Waals surface area contributed by atoms with Crippen molar-refractivity contribution in [1.82, 2.24) is 10.6 Å². The van der Waals surface area contributed by atoms with Crippen molar-refractivity contribution < 1.29 is 111 Å². The largest absolute Gasteiger partial charge is 0.462 e. The number of nitrogens with two attached hydrogens (primary N) is 1. The molecule has 0 aromatic heterocycles. The van der Waals surface area contributed by atoms with Crippen LogP contribution in [0.2, 0.25) is 13.1 Å². The van der Waals surface area contributed by atoms with Gasteiger partial charge < -0.3 is 86.4 Å². The standard InChI is InChI=1S/C48H77N3O16.C6H14B.U/c1-28-18-16-14-12-10-8-6-7-9-11-13-15-17-19-35(66-46-45(61)41(49)44(60)31(4)65-46)25-39-42(51-47(62)50-5)38(57)27-48(63,67-39)26-34(54)23-37(56)36(55)21-20-32(52)22-33(53)24-40(58)64-30(3)29(2)43(28)59;1-3-4-5-6-7-2;/h6-19,28-39,41-46,52-57,59-61,63H,20-27,49H2,1-5H3,(H2,50,51,62);3-6H2,1-2H3;/b7-6+,10-8+,11-9+,14-12+,15-13+,18-16+,19-17+;;/t28-,29-,30-,31?,32+,33+,34-,35-,36+,37+,38-,39-,41?,42+,43+,44?,45?,46?,48+;;/m0../s1. The fourth-order valence-electron chi connectivity index (χ4n) is 8.66. The van der Waals surface area contributed by atoms with Crippen molar-refractivity contribution >= 4 is 19.3 Å². The normalized spacial score (nSPS) is 40.5. The minimum Gasteiger partial charge on any atom is -0.462 e. The Morgan fingerprint density at radius 2 is 1.32 bits per heavy atom. The van der Waals surface area contributed by atoms with Gasteiger partial charge in [0.25, 0.3) is 0 Å². The quantitative estimate of drug-likeness (QED) is 0.0990. The first-order chi connectivity index (χ1) is 35.1. The van der Waals surface area contributed by atoms with Crippen LogP contribution in [-0.4, -0.2) is 181 Å². The molecule has 2 saturated heterocycles. The van der Waals surface area contributed by atoms with E-state index in [1.165, 1.54) is 32.6 Å². The van der Waals surface area contributed by atoms with Crippen molar-refractivity contribution in [2.75, 3.05) is 7.05 Å². The number of amides is 2. The number of rotatable bonds is 7. The predicted octanol–water partition coefficient (Wildman–Crippen LogP) is 2.66. The van der Waals surface area contributed by atoms with Crippen LogP contribution in [0, 0.1) is 42.9 Å². The van der Waals surface area contributed by atoms with Crippen LogP contribution >= 0.6 is 0 Å². The van der Waals surface area contributed by atoms with Crippen molar-refractivity contribution in [2.45, 2.75) is 222 Å². The first kappa shape index (κ1) is 70.5. The summed E-state index contributed by atoms with van der Waals surface area (Å²) in [5.41, 5.74) is 6.07. The molecule has 2 fully saturated rings. The van der Waals surface area contributed by atoms with Gasteiger partial charge in [-0.1, -0.05) is 138 Å². The number of carbonyl (C=O) groups excluding carboxylic acids is 2. The topological polar surface area (TPSA) is 323 Å². The van der Waals surface area contributed by atoms with E-state index in [0.717, 1.165) is 0 Å². The zero-order valence-electron chi connectivity index (χ0n) is 45.0. The average Bonchev–Trinajstić information content (AvgIpc) is 3.34. The zero-order chi connectivity index (χ0) is 55.4. The molecule has 3 aliphatic heterocycles. The number of cyclic esters (lactones) is 1. The number of hydrogen-bond acceptors (Lipinski definition) is 17. The van der Waals surface area contributed by atoms with E-state index < -0.39 is 147 Å². The third-order valence-electron chi connectivity index (χ3n) is 13.4. The van der Waals surface area contributed by atoms with E-state index in [9.17, 15) is 60.7 Å². The van der Waals surface area contributed by atoms with E-state index in [2.05, 4.69) is 31.7 Å². The van der Waals surface area contributed by atoms with E-state index >= 15 is 0 Å². The summed E-state index contributed by atoms with van der Waals surface area (Å²) in [5, 5.41) is 114. The zero-order valence-corrected chi connectivity index (χ0v) is 49.2. The second-order valence-corrected chi connectivity index (χ2v) is 19.9. The van der Waals surface area contributed by atoms with Gasteiger partial charge in [0, 0.05) is 75.7 Å². The van der Waals surface area contributed by atoms with Crippen molar-refractivity contribution in [3.05, 3.63) is 85.1 Å². The molecule has 19 nitrogen and oxygen atoms in total. The van der Waals surface area contributed by atoms with Crippen LogP contribution in [0.5, 0.6) is 0 Å². The Hall–Kier alpha value is -2.52. The number of carbonyl (C=O) groups is 2. The Balaban J connectivity index is 0.00000327. The molecule has 0 aromatic carbocycles. The summed E-state index contributed by atoms with van der Waals surface area (Å²) < 4.78 is 23.6. The summed E-state index contributed by atoms with van der Waals surface area (Å²) in [5.74, 6) is -3.68. The van der Waals surface area contributed by atoms with Gasteiger partial charge in [0.2, 0.25) is 0 Å². The van der Waals surface area contributed by atoms with Crippen LogP contribution in [-0.2, 0) is 23.7 Å².